The maximum Gasteiger partial charge on any atom is 0.390 e. The number of carbonyl (C=O) groups is 1. The molecule has 3 N–H and O–H groups in total. The summed E-state index contributed by atoms with van der Waals surface area (Å²) < 4.78 is 53.2. The van der Waals surface area contributed by atoms with E-state index in [1.807, 2.05) is 6.07 Å². The Morgan fingerprint density at radius 1 is 1.24 bits per heavy atom. The number of aromatic nitrogens is 4. The Kier molecular flexibility index (Phi) is 7.01. The average Bonchev–Trinajstić information content (AvgIpc) is 3.18. The Balaban J connectivity index is 1.92. The van der Waals surface area contributed by atoms with Gasteiger partial charge < -0.3 is 15.7 Å². The molecule has 34 heavy (non-hydrogen) atoms. The second-order valence-electron chi connectivity index (χ2n) is 8.02. The second-order valence-corrected chi connectivity index (χ2v) is 8.02. The van der Waals surface area contributed by atoms with Gasteiger partial charge in [-0.3, -0.25) is 4.79 Å². The van der Waals surface area contributed by atoms with Gasteiger partial charge in [0.1, 0.15) is 12.2 Å². The van der Waals surface area contributed by atoms with Crippen molar-refractivity contribution in [3.8, 4) is 11.9 Å². The highest BCUT2D eigenvalue weighted by molar-refractivity contribution is 5.99. The molecule has 0 fully saturated rings. The zero-order chi connectivity index (χ0) is 25.1. The molecule has 3 aromatic rings. The predicted molar refractivity (Wildman–Crippen MR) is 114 cm³/mol. The summed E-state index contributed by atoms with van der Waals surface area (Å²) in [5.74, 6) is -0.638. The molecule has 1 atom stereocenters. The number of nitriles is 1. The molecule has 0 saturated carbocycles. The largest absolute Gasteiger partial charge is 0.390 e. The van der Waals surface area contributed by atoms with Gasteiger partial charge in [0.2, 0.25) is 0 Å². The molecular formula is C21H21F4N7O2. The molecule has 0 aliphatic rings. The third-order valence-corrected chi connectivity index (χ3v) is 4.82. The molecule has 3 heterocycles. The van der Waals surface area contributed by atoms with Gasteiger partial charge in [-0.2, -0.15) is 28.2 Å². The van der Waals surface area contributed by atoms with E-state index in [1.54, 1.807) is 6.07 Å². The van der Waals surface area contributed by atoms with Crippen LogP contribution in [0.4, 0.5) is 23.2 Å². The smallest absolute Gasteiger partial charge is 0.387 e. The van der Waals surface area contributed by atoms with E-state index in [0.29, 0.717) is 16.6 Å². The van der Waals surface area contributed by atoms with Crippen molar-refractivity contribution >= 4 is 22.6 Å². The summed E-state index contributed by atoms with van der Waals surface area (Å²) in [4.78, 5) is 20.9. The van der Waals surface area contributed by atoms with E-state index in [1.165, 1.54) is 37.0 Å². The van der Waals surface area contributed by atoms with Crippen molar-refractivity contribution in [1.82, 2.24) is 25.1 Å². The van der Waals surface area contributed by atoms with Crippen molar-refractivity contribution in [2.45, 2.75) is 38.2 Å². The van der Waals surface area contributed by atoms with Crippen molar-refractivity contribution in [3.63, 3.8) is 0 Å². The number of hydrogen-bond acceptors (Lipinski definition) is 7. The molecular weight excluding hydrogens is 458 g/mol. The molecule has 180 valence electrons. The minimum atomic E-state index is -4.42. The lowest BCUT2D eigenvalue weighted by molar-refractivity contribution is -0.131. The summed E-state index contributed by atoms with van der Waals surface area (Å²) >= 11 is 0. The van der Waals surface area contributed by atoms with E-state index < -0.39 is 43.4 Å². The number of anilines is 1. The van der Waals surface area contributed by atoms with E-state index in [9.17, 15) is 27.5 Å². The Morgan fingerprint density at radius 2 is 1.97 bits per heavy atom. The van der Waals surface area contributed by atoms with E-state index in [2.05, 4.69) is 25.7 Å². The molecule has 0 aliphatic carbocycles. The number of carbonyl (C=O) groups excluding carboxylic acids is 1. The van der Waals surface area contributed by atoms with Crippen molar-refractivity contribution in [1.29, 1.82) is 5.26 Å². The van der Waals surface area contributed by atoms with Gasteiger partial charge >= 0.3 is 6.18 Å². The van der Waals surface area contributed by atoms with E-state index in [0.717, 1.165) is 6.20 Å². The van der Waals surface area contributed by atoms with Crippen LogP contribution >= 0.6 is 0 Å². The predicted octanol–water partition coefficient (Wildman–Crippen LogP) is 2.89. The maximum absolute atomic E-state index is 14.0. The van der Waals surface area contributed by atoms with Gasteiger partial charge in [0, 0.05) is 30.4 Å². The lowest BCUT2D eigenvalue weighted by atomic mass is 10.0. The van der Waals surface area contributed by atoms with Crippen LogP contribution in [0, 0.1) is 11.3 Å². The Morgan fingerprint density at radius 3 is 2.62 bits per heavy atom. The number of amides is 1. The minimum absolute atomic E-state index is 0.0164. The topological polar surface area (TPSA) is 129 Å². The molecule has 0 aliphatic heterocycles. The highest BCUT2D eigenvalue weighted by atomic mass is 19.4. The number of rotatable bonds is 8. The first-order chi connectivity index (χ1) is 15.9. The van der Waals surface area contributed by atoms with Gasteiger partial charge in [-0.25, -0.2) is 14.4 Å². The standard InChI is InChI=1S/C21H21F4N7O2/c1-20(2,34)16(22)11-30-19(33)14-10-28-17(6-15(14)27-4-3-21(23,24)25)32-18-13(9-31-32)5-12(7-26)8-29-18/h5-6,8-10,16,34H,3-4,11H2,1-2H3,(H,27,28)(H,30,33)/t16-/m1/s1. The number of halogens is 4. The van der Waals surface area contributed by atoms with Crippen LogP contribution < -0.4 is 10.6 Å². The molecule has 0 aromatic carbocycles. The second kappa shape index (κ2) is 9.60. The summed E-state index contributed by atoms with van der Waals surface area (Å²) in [7, 11) is 0. The number of aliphatic hydroxyl groups is 1. The van der Waals surface area contributed by atoms with Crippen LogP contribution in [-0.2, 0) is 0 Å². The highest BCUT2D eigenvalue weighted by Crippen LogP contribution is 2.24. The molecule has 1 amide bonds. The van der Waals surface area contributed by atoms with Gasteiger partial charge in [0.05, 0.1) is 41.6 Å². The average molecular weight is 479 g/mol. The number of alkyl halides is 4. The molecule has 0 radical (unpaired) electrons. The summed E-state index contributed by atoms with van der Waals surface area (Å²) in [6.07, 6.45) is -3.44. The molecule has 0 spiro atoms. The third kappa shape index (κ3) is 5.96. The van der Waals surface area contributed by atoms with E-state index >= 15 is 0 Å². The van der Waals surface area contributed by atoms with Crippen LogP contribution in [0.15, 0.2) is 30.7 Å². The Bertz CT molecular complexity index is 1230. The van der Waals surface area contributed by atoms with Crippen LogP contribution in [0.5, 0.6) is 0 Å². The quantitative estimate of drug-likeness (QED) is 0.424. The zero-order valence-electron chi connectivity index (χ0n) is 18.2. The monoisotopic (exact) mass is 479 g/mol. The van der Waals surface area contributed by atoms with Crippen molar-refractivity contribution in [3.05, 3.63) is 41.9 Å². The van der Waals surface area contributed by atoms with Crippen LogP contribution in [0.25, 0.3) is 16.9 Å². The number of nitrogens with zero attached hydrogens (tertiary/aromatic N) is 5. The first-order valence-electron chi connectivity index (χ1n) is 10.1. The van der Waals surface area contributed by atoms with Crippen LogP contribution in [0.3, 0.4) is 0 Å². The van der Waals surface area contributed by atoms with Crippen LogP contribution in [-0.4, -0.2) is 61.8 Å². The summed E-state index contributed by atoms with van der Waals surface area (Å²) in [5.41, 5.74) is -1.13. The first kappa shape index (κ1) is 24.8. The normalized spacial score (nSPS) is 12.9. The Labute approximate surface area is 191 Å². The van der Waals surface area contributed by atoms with E-state index in [4.69, 9.17) is 5.26 Å². The van der Waals surface area contributed by atoms with Gasteiger partial charge in [-0.05, 0) is 19.9 Å². The van der Waals surface area contributed by atoms with Gasteiger partial charge in [-0.15, -0.1) is 0 Å². The third-order valence-electron chi connectivity index (χ3n) is 4.82. The molecule has 13 heteroatoms. The number of fused-ring (bicyclic) bond motifs is 1. The fourth-order valence-corrected chi connectivity index (χ4v) is 2.90. The molecule has 9 nitrogen and oxygen atoms in total. The fourth-order valence-electron chi connectivity index (χ4n) is 2.90. The van der Waals surface area contributed by atoms with Crippen molar-refractivity contribution in [2.75, 3.05) is 18.4 Å². The molecule has 3 aromatic heterocycles. The van der Waals surface area contributed by atoms with Crippen molar-refractivity contribution < 1.29 is 27.5 Å². The zero-order valence-corrected chi connectivity index (χ0v) is 18.2. The maximum atomic E-state index is 14.0. The Hall–Kier alpha value is -3.79. The first-order valence-corrected chi connectivity index (χ1v) is 10.1. The van der Waals surface area contributed by atoms with E-state index in [-0.39, 0.29) is 17.1 Å². The molecule has 3 rings (SSSR count). The summed E-state index contributed by atoms with van der Waals surface area (Å²) in [6, 6.07) is 4.84. The lowest BCUT2D eigenvalue weighted by Gasteiger charge is -2.22. The lowest BCUT2D eigenvalue weighted by Crippen LogP contribution is -2.42. The SMILES string of the molecule is CC(C)(O)[C@H](F)CNC(=O)c1cnc(-n2ncc3cc(C#N)cnc32)cc1NCCC(F)(F)F. The molecule has 0 saturated heterocycles. The van der Waals surface area contributed by atoms with Crippen LogP contribution in [0.2, 0.25) is 0 Å². The summed E-state index contributed by atoms with van der Waals surface area (Å²) in [6.45, 7) is 1.45. The van der Waals surface area contributed by atoms with Gasteiger partial charge in [-0.1, -0.05) is 0 Å². The minimum Gasteiger partial charge on any atom is -0.387 e. The number of pyridine rings is 2. The number of hydrogen-bond donors (Lipinski definition) is 3. The molecule has 0 unspecified atom stereocenters. The van der Waals surface area contributed by atoms with Crippen molar-refractivity contribution in [2.24, 2.45) is 0 Å². The summed E-state index contributed by atoms with van der Waals surface area (Å²) in [5, 5.41) is 28.3. The van der Waals surface area contributed by atoms with Crippen LogP contribution in [0.1, 0.15) is 36.2 Å². The highest BCUT2D eigenvalue weighted by Gasteiger charge is 2.28. The fraction of sp³-hybridized carbons (Fsp3) is 0.381. The van der Waals surface area contributed by atoms with Gasteiger partial charge in [0.15, 0.2) is 11.5 Å². The number of nitrogens with one attached hydrogen (secondary N) is 2. The van der Waals surface area contributed by atoms with Gasteiger partial charge in [0.25, 0.3) is 5.91 Å². The molecule has 0 bridgehead atoms.